The number of amides is 5. The van der Waals surface area contributed by atoms with Crippen molar-refractivity contribution in [3.05, 3.63) is 132 Å². The Hall–Kier alpha value is -7.42. The molecule has 0 spiro atoms. The maximum absolute atomic E-state index is 14.1. The Labute approximate surface area is 377 Å². The van der Waals surface area contributed by atoms with Gasteiger partial charge in [-0.2, -0.15) is 0 Å². The molecule has 2 fully saturated rings. The highest BCUT2D eigenvalue weighted by Crippen LogP contribution is 2.35. The van der Waals surface area contributed by atoms with Crippen molar-refractivity contribution in [2.45, 2.75) is 89.8 Å². The van der Waals surface area contributed by atoms with Crippen LogP contribution < -0.4 is 16.0 Å². The number of hydrogen-bond donors (Lipinski definition) is 5. The van der Waals surface area contributed by atoms with Gasteiger partial charge in [0.05, 0.1) is 30.1 Å². The number of alkyl carbamates (subject to hydrolysis) is 2. The van der Waals surface area contributed by atoms with E-state index in [1.165, 1.54) is 0 Å². The van der Waals surface area contributed by atoms with Crippen LogP contribution in [0.2, 0.25) is 0 Å². The van der Waals surface area contributed by atoms with E-state index in [1.54, 1.807) is 68.0 Å². The number of anilines is 1. The lowest BCUT2D eigenvalue weighted by atomic mass is 10.0. The van der Waals surface area contributed by atoms with Crippen molar-refractivity contribution in [1.29, 1.82) is 0 Å². The minimum absolute atomic E-state index is 0.227. The fourth-order valence-electron chi connectivity index (χ4n) is 8.61. The Morgan fingerprint density at radius 1 is 0.646 bits per heavy atom. The van der Waals surface area contributed by atoms with Gasteiger partial charge in [-0.25, -0.2) is 14.6 Å². The Balaban J connectivity index is 0.927. The van der Waals surface area contributed by atoms with Gasteiger partial charge in [0.25, 0.3) is 11.8 Å². The van der Waals surface area contributed by atoms with Crippen LogP contribution in [0.25, 0.3) is 33.4 Å². The lowest BCUT2D eigenvalue weighted by molar-refractivity contribution is -0.138. The van der Waals surface area contributed by atoms with Gasteiger partial charge in [0.15, 0.2) is 0 Å². The van der Waals surface area contributed by atoms with Crippen molar-refractivity contribution < 1.29 is 33.4 Å². The van der Waals surface area contributed by atoms with Crippen molar-refractivity contribution >= 4 is 46.5 Å². The molecule has 2 aliphatic heterocycles. The van der Waals surface area contributed by atoms with Crippen molar-refractivity contribution in [3.8, 4) is 22.5 Å². The number of nitrogens with one attached hydrogen (secondary N) is 5. The SMILES string of the molecule is CC(C)OC(=O)N[C@@H](C(=O)N1CCCC1c1ncc(-c2ccc3[nH]c(-c4ccc(NC(=O)[C@@H]5CCCN5C(=O)[C@H](NC(=O)OC(C)C)c5ccccc5)cc4)cc3c2)[nH]1)c1ccccc1. The molecule has 336 valence electrons. The second-order valence-corrected chi connectivity index (χ2v) is 17.0. The van der Waals surface area contributed by atoms with Gasteiger partial charge in [-0.05, 0) is 100 Å². The van der Waals surface area contributed by atoms with Gasteiger partial charge in [-0.15, -0.1) is 0 Å². The molecular weight excluding hydrogens is 825 g/mol. The van der Waals surface area contributed by atoms with Gasteiger partial charge in [0.1, 0.15) is 23.9 Å². The summed E-state index contributed by atoms with van der Waals surface area (Å²) in [5, 5.41) is 9.48. The van der Waals surface area contributed by atoms with Crippen LogP contribution >= 0.6 is 0 Å². The fraction of sp³-hybridized carbons (Fsp3) is 0.320. The molecule has 0 saturated carbocycles. The molecule has 5 amide bonds. The smallest absolute Gasteiger partial charge is 0.408 e. The molecule has 5 N–H and O–H groups in total. The molecule has 2 saturated heterocycles. The fourth-order valence-corrected chi connectivity index (χ4v) is 8.61. The van der Waals surface area contributed by atoms with Crippen molar-refractivity contribution in [2.75, 3.05) is 18.4 Å². The second kappa shape index (κ2) is 19.5. The minimum atomic E-state index is -1.01. The molecule has 0 bridgehead atoms. The number of aromatic nitrogens is 3. The topological polar surface area (TPSA) is 191 Å². The highest BCUT2D eigenvalue weighted by atomic mass is 16.6. The lowest BCUT2D eigenvalue weighted by Crippen LogP contribution is -2.48. The molecule has 15 nitrogen and oxygen atoms in total. The van der Waals surface area contributed by atoms with Crippen LogP contribution in [0.4, 0.5) is 15.3 Å². The van der Waals surface area contributed by atoms with Crippen molar-refractivity contribution in [2.24, 2.45) is 0 Å². The third kappa shape index (κ3) is 10.2. The third-order valence-corrected chi connectivity index (χ3v) is 11.7. The third-order valence-electron chi connectivity index (χ3n) is 11.7. The number of aromatic amines is 2. The van der Waals surface area contributed by atoms with E-state index in [-0.39, 0.29) is 36.0 Å². The number of carbonyl (C=O) groups is 5. The van der Waals surface area contributed by atoms with E-state index in [4.69, 9.17) is 14.5 Å². The lowest BCUT2D eigenvalue weighted by Gasteiger charge is -2.29. The average Bonchev–Trinajstić information content (AvgIpc) is 4.14. The molecule has 4 heterocycles. The Morgan fingerprint density at radius 2 is 1.22 bits per heavy atom. The van der Waals surface area contributed by atoms with E-state index in [2.05, 4.69) is 38.1 Å². The first-order valence-corrected chi connectivity index (χ1v) is 22.2. The zero-order chi connectivity index (χ0) is 45.6. The predicted molar refractivity (Wildman–Crippen MR) is 246 cm³/mol. The summed E-state index contributed by atoms with van der Waals surface area (Å²) < 4.78 is 10.6. The van der Waals surface area contributed by atoms with Crippen LogP contribution in [0.15, 0.2) is 115 Å². The molecule has 65 heavy (non-hydrogen) atoms. The summed E-state index contributed by atoms with van der Waals surface area (Å²) in [5.74, 6) is -0.227. The first-order valence-electron chi connectivity index (χ1n) is 22.2. The number of nitrogens with zero attached hydrogens (tertiary/aromatic N) is 3. The molecule has 8 rings (SSSR count). The number of H-pyrrole nitrogens is 2. The quantitative estimate of drug-likeness (QED) is 0.0762. The molecule has 4 atom stereocenters. The number of benzene rings is 4. The molecule has 0 aliphatic carbocycles. The minimum Gasteiger partial charge on any atom is -0.447 e. The molecule has 6 aromatic rings. The summed E-state index contributed by atoms with van der Waals surface area (Å²) in [5.41, 5.74) is 6.34. The number of carbonyl (C=O) groups excluding carboxylic acids is 5. The maximum atomic E-state index is 14.1. The number of likely N-dealkylation sites (tertiary alicyclic amines) is 2. The summed E-state index contributed by atoms with van der Waals surface area (Å²) in [7, 11) is 0. The van der Waals surface area contributed by atoms with Crippen LogP contribution in [0, 0.1) is 0 Å². The summed E-state index contributed by atoms with van der Waals surface area (Å²) in [6.45, 7) is 7.90. The first kappa shape index (κ1) is 44.2. The van der Waals surface area contributed by atoms with Crippen LogP contribution in [0.3, 0.4) is 0 Å². The van der Waals surface area contributed by atoms with E-state index in [0.29, 0.717) is 48.6 Å². The molecule has 2 aromatic heterocycles. The highest BCUT2D eigenvalue weighted by Gasteiger charge is 2.39. The van der Waals surface area contributed by atoms with E-state index in [9.17, 15) is 24.0 Å². The molecular formula is C50H54N8O7. The van der Waals surface area contributed by atoms with Crippen LogP contribution in [0.5, 0.6) is 0 Å². The van der Waals surface area contributed by atoms with Gasteiger partial charge >= 0.3 is 12.2 Å². The van der Waals surface area contributed by atoms with Crippen molar-refractivity contribution in [3.63, 3.8) is 0 Å². The summed E-state index contributed by atoms with van der Waals surface area (Å²) in [6, 6.07) is 30.9. The number of ether oxygens (including phenoxy) is 2. The average molecular weight is 879 g/mol. The van der Waals surface area contributed by atoms with Gasteiger partial charge in [-0.1, -0.05) is 78.9 Å². The molecule has 15 heteroatoms. The highest BCUT2D eigenvalue weighted by molar-refractivity contribution is 5.99. The normalized spacial score (nSPS) is 17.0. The Morgan fingerprint density at radius 3 is 1.83 bits per heavy atom. The predicted octanol–water partition coefficient (Wildman–Crippen LogP) is 8.57. The van der Waals surface area contributed by atoms with E-state index in [0.717, 1.165) is 46.3 Å². The Bertz CT molecular complexity index is 2640. The number of imidazole rings is 1. The zero-order valence-corrected chi connectivity index (χ0v) is 36.9. The number of rotatable bonds is 13. The Kier molecular flexibility index (Phi) is 13.3. The molecule has 2 aliphatic rings. The van der Waals surface area contributed by atoms with Gasteiger partial charge < -0.3 is 45.2 Å². The van der Waals surface area contributed by atoms with E-state index in [1.807, 2.05) is 72.8 Å². The standard InChI is InChI=1S/C50H54N8O7/c1-30(2)64-49(62)55-43(33-13-7-5-8-14-33)47(60)57-25-11-17-41(57)45-51-29-40(54-45)35-21-24-38-36(27-35)28-39(53-38)32-19-22-37(23-20-32)52-46(59)42-18-12-26-58(42)48(61)44(34-15-9-6-10-16-34)56-50(63)65-31(3)4/h5-10,13-16,19-24,27-31,41-44,53H,11-12,17-18,25-26H2,1-4H3,(H,51,54)(H,52,59)(H,55,62)(H,56,63)/t41?,42-,43+,44+/m0/s1. The summed E-state index contributed by atoms with van der Waals surface area (Å²) >= 11 is 0. The molecule has 1 unspecified atom stereocenters. The zero-order valence-electron chi connectivity index (χ0n) is 36.9. The van der Waals surface area contributed by atoms with Gasteiger partial charge in [0.2, 0.25) is 5.91 Å². The first-order chi connectivity index (χ1) is 31.4. The van der Waals surface area contributed by atoms with Crippen LogP contribution in [-0.4, -0.2) is 86.0 Å². The number of fused-ring (bicyclic) bond motifs is 1. The summed E-state index contributed by atoms with van der Waals surface area (Å²) in [6.07, 6.45) is 2.39. The van der Waals surface area contributed by atoms with E-state index < -0.39 is 30.3 Å². The van der Waals surface area contributed by atoms with Crippen LogP contribution in [-0.2, 0) is 23.9 Å². The molecule has 4 aromatic carbocycles. The summed E-state index contributed by atoms with van der Waals surface area (Å²) in [4.78, 5) is 82.1. The van der Waals surface area contributed by atoms with E-state index >= 15 is 0 Å². The second-order valence-electron chi connectivity index (χ2n) is 17.0. The largest absolute Gasteiger partial charge is 0.447 e. The maximum Gasteiger partial charge on any atom is 0.408 e. The van der Waals surface area contributed by atoms with Gasteiger partial charge in [-0.3, -0.25) is 14.4 Å². The monoisotopic (exact) mass is 878 g/mol. The van der Waals surface area contributed by atoms with Crippen molar-refractivity contribution in [1.82, 2.24) is 35.4 Å². The van der Waals surface area contributed by atoms with Crippen LogP contribution in [0.1, 0.15) is 88.5 Å². The molecule has 0 radical (unpaired) electrons. The number of hydrogen-bond acceptors (Lipinski definition) is 8. The van der Waals surface area contributed by atoms with Gasteiger partial charge in [0, 0.05) is 40.9 Å².